The van der Waals surface area contributed by atoms with Crippen molar-refractivity contribution in [2.45, 2.75) is 18.1 Å². The van der Waals surface area contributed by atoms with Gasteiger partial charge in [0.1, 0.15) is 16.6 Å². The normalized spacial score (nSPS) is 11.1. The van der Waals surface area contributed by atoms with Gasteiger partial charge >= 0.3 is 0 Å². The molecule has 8 heteroatoms. The maximum absolute atomic E-state index is 12.3. The maximum Gasteiger partial charge on any atom is 0.271 e. The van der Waals surface area contributed by atoms with Crippen molar-refractivity contribution in [1.82, 2.24) is 5.32 Å². The number of rotatable bonds is 8. The molecule has 6 nitrogen and oxygen atoms in total. The molecule has 0 aliphatic carbocycles. The highest BCUT2D eigenvalue weighted by Crippen LogP contribution is 2.21. The summed E-state index contributed by atoms with van der Waals surface area (Å²) in [4.78, 5) is 12.3. The summed E-state index contributed by atoms with van der Waals surface area (Å²) in [6, 6.07) is 15.4. The van der Waals surface area contributed by atoms with Gasteiger partial charge in [-0.05, 0) is 66.8 Å². The monoisotopic (exact) mass is 430 g/mol. The Labute approximate surface area is 174 Å². The minimum absolute atomic E-state index is 0.239. The summed E-state index contributed by atoms with van der Waals surface area (Å²) < 4.78 is 32.9. The molecule has 0 saturated carbocycles. The van der Waals surface area contributed by atoms with Crippen LogP contribution in [0.15, 0.2) is 64.2 Å². The highest BCUT2D eigenvalue weighted by molar-refractivity contribution is 7.94. The van der Waals surface area contributed by atoms with E-state index in [0.717, 1.165) is 28.2 Å². The second-order valence-electron chi connectivity index (χ2n) is 6.42. The van der Waals surface area contributed by atoms with Gasteiger partial charge in [0.2, 0.25) is 0 Å². The second-order valence-corrected chi connectivity index (χ2v) is 9.27. The predicted octanol–water partition coefficient (Wildman–Crippen LogP) is 3.97. The van der Waals surface area contributed by atoms with Gasteiger partial charge in [-0.1, -0.05) is 18.2 Å². The molecule has 29 heavy (non-hydrogen) atoms. The first kappa shape index (κ1) is 20.9. The number of aryl methyl sites for hydroxylation is 1. The molecule has 3 rings (SSSR count). The third kappa shape index (κ3) is 5.36. The third-order valence-electron chi connectivity index (χ3n) is 4.36. The Morgan fingerprint density at radius 1 is 1.03 bits per heavy atom. The maximum atomic E-state index is 12.3. The SMILES string of the molecule is Cc1cccc(OCCNC(=O)c2ccc(NS(=O)(=O)c3cccs3)cc2)c1C. The van der Waals surface area contributed by atoms with Crippen molar-refractivity contribution in [2.24, 2.45) is 0 Å². The first-order valence-corrected chi connectivity index (χ1v) is 11.4. The third-order valence-corrected chi connectivity index (χ3v) is 7.14. The Balaban J connectivity index is 1.51. The van der Waals surface area contributed by atoms with Crippen molar-refractivity contribution in [3.63, 3.8) is 0 Å². The molecule has 0 saturated heterocycles. The molecule has 0 atom stereocenters. The molecule has 0 aliphatic rings. The second kappa shape index (κ2) is 9.11. The van der Waals surface area contributed by atoms with Crippen LogP contribution in [0.1, 0.15) is 21.5 Å². The van der Waals surface area contributed by atoms with E-state index in [1.54, 1.807) is 35.7 Å². The Morgan fingerprint density at radius 2 is 1.79 bits per heavy atom. The zero-order valence-electron chi connectivity index (χ0n) is 16.1. The lowest BCUT2D eigenvalue weighted by atomic mass is 10.1. The number of amides is 1. The first-order chi connectivity index (χ1) is 13.9. The van der Waals surface area contributed by atoms with E-state index in [1.165, 1.54) is 6.07 Å². The molecule has 2 N–H and O–H groups in total. The molecular formula is C21H22N2O4S2. The van der Waals surface area contributed by atoms with E-state index in [2.05, 4.69) is 10.0 Å². The van der Waals surface area contributed by atoms with Gasteiger partial charge in [0.05, 0.1) is 6.54 Å². The number of nitrogens with one attached hydrogen (secondary N) is 2. The van der Waals surface area contributed by atoms with Gasteiger partial charge in [0, 0.05) is 11.3 Å². The lowest BCUT2D eigenvalue weighted by molar-refractivity contribution is 0.0947. The first-order valence-electron chi connectivity index (χ1n) is 9.00. The van der Waals surface area contributed by atoms with Crippen molar-refractivity contribution < 1.29 is 17.9 Å². The van der Waals surface area contributed by atoms with Crippen molar-refractivity contribution in [1.29, 1.82) is 0 Å². The smallest absolute Gasteiger partial charge is 0.271 e. The number of carbonyl (C=O) groups is 1. The quantitative estimate of drug-likeness (QED) is 0.530. The summed E-state index contributed by atoms with van der Waals surface area (Å²) in [6.45, 7) is 4.74. The van der Waals surface area contributed by atoms with Crippen LogP contribution < -0.4 is 14.8 Å². The topological polar surface area (TPSA) is 84.5 Å². The van der Waals surface area contributed by atoms with Crippen LogP contribution in [0.25, 0.3) is 0 Å². The number of benzene rings is 2. The summed E-state index contributed by atoms with van der Waals surface area (Å²) in [5.41, 5.74) is 3.07. The molecule has 0 fully saturated rings. The average molecular weight is 431 g/mol. The standard InChI is InChI=1S/C21H22N2O4S2/c1-15-5-3-6-19(16(15)2)27-13-12-22-21(24)17-8-10-18(11-9-17)23-29(25,26)20-7-4-14-28-20/h3-11,14,23H,12-13H2,1-2H3,(H,22,24). The van der Waals surface area contributed by atoms with Crippen LogP contribution >= 0.6 is 11.3 Å². The molecule has 0 spiro atoms. The molecule has 152 valence electrons. The van der Waals surface area contributed by atoms with E-state index >= 15 is 0 Å². The van der Waals surface area contributed by atoms with Crippen LogP contribution in [0.2, 0.25) is 0 Å². The summed E-state index contributed by atoms with van der Waals surface area (Å²) in [7, 11) is -3.60. The van der Waals surface area contributed by atoms with Crippen LogP contribution in [0.4, 0.5) is 5.69 Å². The Kier molecular flexibility index (Phi) is 6.56. The summed E-state index contributed by atoms with van der Waals surface area (Å²) in [5, 5.41) is 4.49. The highest BCUT2D eigenvalue weighted by atomic mass is 32.2. The minimum atomic E-state index is -3.60. The van der Waals surface area contributed by atoms with Crippen LogP contribution in [-0.4, -0.2) is 27.5 Å². The molecule has 1 heterocycles. The molecule has 0 unspecified atom stereocenters. The van der Waals surface area contributed by atoms with E-state index in [0.29, 0.717) is 24.4 Å². The van der Waals surface area contributed by atoms with Crippen molar-refractivity contribution in [3.05, 3.63) is 76.7 Å². The molecule has 2 aromatic carbocycles. The molecule has 1 amide bonds. The fourth-order valence-electron chi connectivity index (χ4n) is 2.62. The van der Waals surface area contributed by atoms with Gasteiger partial charge in [-0.3, -0.25) is 9.52 Å². The number of anilines is 1. The predicted molar refractivity (Wildman–Crippen MR) is 115 cm³/mol. The molecule has 3 aromatic rings. The van der Waals surface area contributed by atoms with Crippen LogP contribution in [-0.2, 0) is 10.0 Å². The molecule has 0 bridgehead atoms. The summed E-state index contributed by atoms with van der Waals surface area (Å²) in [6.07, 6.45) is 0. The van der Waals surface area contributed by atoms with E-state index in [9.17, 15) is 13.2 Å². The van der Waals surface area contributed by atoms with E-state index in [-0.39, 0.29) is 10.1 Å². The Morgan fingerprint density at radius 3 is 2.48 bits per heavy atom. The largest absolute Gasteiger partial charge is 0.491 e. The number of hydrogen-bond donors (Lipinski definition) is 2. The zero-order valence-corrected chi connectivity index (χ0v) is 17.8. The van der Waals surface area contributed by atoms with Gasteiger partial charge < -0.3 is 10.1 Å². The highest BCUT2D eigenvalue weighted by Gasteiger charge is 2.15. The Bertz CT molecular complexity index is 1080. The number of sulfonamides is 1. The number of ether oxygens (including phenoxy) is 1. The van der Waals surface area contributed by atoms with Gasteiger partial charge in [0.25, 0.3) is 15.9 Å². The number of hydrogen-bond acceptors (Lipinski definition) is 5. The van der Waals surface area contributed by atoms with Crippen LogP contribution in [0, 0.1) is 13.8 Å². The summed E-state index contributed by atoms with van der Waals surface area (Å²) >= 11 is 1.14. The minimum Gasteiger partial charge on any atom is -0.491 e. The van der Waals surface area contributed by atoms with E-state index in [1.807, 2.05) is 32.0 Å². The lowest BCUT2D eigenvalue weighted by Crippen LogP contribution is -2.28. The van der Waals surface area contributed by atoms with Crippen molar-refractivity contribution in [2.75, 3.05) is 17.9 Å². The van der Waals surface area contributed by atoms with Crippen molar-refractivity contribution in [3.8, 4) is 5.75 Å². The summed E-state index contributed by atoms with van der Waals surface area (Å²) in [5.74, 6) is 0.559. The van der Waals surface area contributed by atoms with Crippen LogP contribution in [0.3, 0.4) is 0 Å². The fraction of sp³-hybridized carbons (Fsp3) is 0.190. The van der Waals surface area contributed by atoms with Gasteiger partial charge in [-0.15, -0.1) is 11.3 Å². The van der Waals surface area contributed by atoms with Gasteiger partial charge in [-0.25, -0.2) is 8.42 Å². The van der Waals surface area contributed by atoms with Crippen molar-refractivity contribution >= 4 is 33.0 Å². The van der Waals surface area contributed by atoms with E-state index in [4.69, 9.17) is 4.74 Å². The molecular weight excluding hydrogens is 408 g/mol. The molecule has 0 aliphatic heterocycles. The molecule has 0 radical (unpaired) electrons. The average Bonchev–Trinajstić information content (AvgIpc) is 3.24. The number of thiophene rings is 1. The van der Waals surface area contributed by atoms with Gasteiger partial charge in [0.15, 0.2) is 0 Å². The zero-order chi connectivity index (χ0) is 20.9. The lowest BCUT2D eigenvalue weighted by Gasteiger charge is -2.11. The fourth-order valence-corrected chi connectivity index (χ4v) is 4.67. The number of carbonyl (C=O) groups excluding carboxylic acids is 1. The molecule has 1 aromatic heterocycles. The van der Waals surface area contributed by atoms with E-state index < -0.39 is 10.0 Å². The Hall–Kier alpha value is -2.84. The van der Waals surface area contributed by atoms with Gasteiger partial charge in [-0.2, -0.15) is 0 Å². The van der Waals surface area contributed by atoms with Crippen LogP contribution in [0.5, 0.6) is 5.75 Å².